The molecule has 112 valence electrons. The highest BCUT2D eigenvalue weighted by atomic mass is 19.1. The van der Waals surface area contributed by atoms with Gasteiger partial charge in [-0.3, -0.25) is 9.59 Å². The van der Waals surface area contributed by atoms with Gasteiger partial charge in [0.25, 0.3) is 0 Å². The summed E-state index contributed by atoms with van der Waals surface area (Å²) in [6, 6.07) is 12.7. The first-order chi connectivity index (χ1) is 10.5. The first kappa shape index (κ1) is 15.4. The van der Waals surface area contributed by atoms with Gasteiger partial charge in [0.05, 0.1) is 6.21 Å². The molecule has 0 atom stereocenters. The maximum absolute atomic E-state index is 12.9. The number of aryl methyl sites for hydroxylation is 1. The van der Waals surface area contributed by atoms with Crippen LogP contribution in [0.2, 0.25) is 0 Å². The minimum Gasteiger partial charge on any atom is -0.318 e. The lowest BCUT2D eigenvalue weighted by Gasteiger charge is -2.04. The average Bonchev–Trinajstić information content (AvgIpc) is 2.49. The number of carbonyl (C=O) groups is 2. The van der Waals surface area contributed by atoms with Crippen LogP contribution < -0.4 is 10.7 Å². The molecule has 0 bridgehead atoms. The van der Waals surface area contributed by atoms with E-state index < -0.39 is 17.6 Å². The number of benzene rings is 2. The van der Waals surface area contributed by atoms with E-state index in [2.05, 4.69) is 15.8 Å². The molecule has 0 unspecified atom stereocenters. The van der Waals surface area contributed by atoms with Gasteiger partial charge >= 0.3 is 11.8 Å². The van der Waals surface area contributed by atoms with Crippen LogP contribution in [0.15, 0.2) is 53.6 Å². The standard InChI is InChI=1S/C16H14FN3O2/c1-11-5-7-14(8-6-11)19-15(21)16(22)20-18-10-12-3-2-4-13(17)9-12/h2-10H,1H3,(H,19,21)(H,20,22)/b18-10-. The summed E-state index contributed by atoms with van der Waals surface area (Å²) in [7, 11) is 0. The van der Waals surface area contributed by atoms with Gasteiger partial charge in [-0.1, -0.05) is 29.8 Å². The number of carbonyl (C=O) groups excluding carboxylic acids is 2. The van der Waals surface area contributed by atoms with E-state index in [1.165, 1.54) is 24.4 Å². The topological polar surface area (TPSA) is 70.6 Å². The van der Waals surface area contributed by atoms with E-state index in [-0.39, 0.29) is 0 Å². The smallest absolute Gasteiger partial charge is 0.318 e. The van der Waals surface area contributed by atoms with Crippen molar-refractivity contribution in [3.05, 3.63) is 65.5 Å². The number of halogens is 1. The van der Waals surface area contributed by atoms with E-state index >= 15 is 0 Å². The fourth-order valence-electron chi connectivity index (χ4n) is 1.63. The highest BCUT2D eigenvalue weighted by Gasteiger charge is 2.12. The molecule has 0 aliphatic rings. The number of rotatable bonds is 3. The number of hydrogen-bond donors (Lipinski definition) is 2. The average molecular weight is 299 g/mol. The number of hydrogen-bond acceptors (Lipinski definition) is 3. The summed E-state index contributed by atoms with van der Waals surface area (Å²) in [6.45, 7) is 1.92. The van der Waals surface area contributed by atoms with Crippen LogP contribution in [0.1, 0.15) is 11.1 Å². The molecule has 0 saturated heterocycles. The highest BCUT2D eigenvalue weighted by Crippen LogP contribution is 2.08. The van der Waals surface area contributed by atoms with Gasteiger partial charge in [0.2, 0.25) is 0 Å². The van der Waals surface area contributed by atoms with Gasteiger partial charge in [0.15, 0.2) is 0 Å². The van der Waals surface area contributed by atoms with Gasteiger partial charge in [0, 0.05) is 5.69 Å². The molecule has 22 heavy (non-hydrogen) atoms. The number of nitrogens with one attached hydrogen (secondary N) is 2. The Morgan fingerprint density at radius 1 is 1.09 bits per heavy atom. The van der Waals surface area contributed by atoms with Crippen molar-refractivity contribution >= 4 is 23.7 Å². The second kappa shape index (κ2) is 7.12. The van der Waals surface area contributed by atoms with Gasteiger partial charge in [0.1, 0.15) is 5.82 Å². The zero-order valence-electron chi connectivity index (χ0n) is 11.8. The highest BCUT2D eigenvalue weighted by molar-refractivity contribution is 6.39. The molecule has 0 aliphatic heterocycles. The fourth-order valence-corrected chi connectivity index (χ4v) is 1.63. The monoisotopic (exact) mass is 299 g/mol. The van der Waals surface area contributed by atoms with Gasteiger partial charge in [-0.2, -0.15) is 5.10 Å². The summed E-state index contributed by atoms with van der Waals surface area (Å²) in [6.07, 6.45) is 1.25. The van der Waals surface area contributed by atoms with E-state index in [1.54, 1.807) is 18.2 Å². The van der Waals surface area contributed by atoms with Crippen LogP contribution in [0.3, 0.4) is 0 Å². The number of anilines is 1. The second-order valence-corrected chi connectivity index (χ2v) is 4.57. The Balaban J connectivity index is 1.89. The SMILES string of the molecule is Cc1ccc(NC(=O)C(=O)N/N=C\c2cccc(F)c2)cc1. The van der Waals surface area contributed by atoms with E-state index in [0.717, 1.165) is 5.56 Å². The first-order valence-electron chi connectivity index (χ1n) is 6.51. The van der Waals surface area contributed by atoms with Gasteiger partial charge in [-0.25, -0.2) is 9.82 Å². The van der Waals surface area contributed by atoms with Crippen LogP contribution in [0.4, 0.5) is 10.1 Å². The van der Waals surface area contributed by atoms with E-state index in [1.807, 2.05) is 19.1 Å². The maximum atomic E-state index is 12.9. The Labute approximate surface area is 126 Å². The molecule has 2 aromatic carbocycles. The molecule has 0 fully saturated rings. The van der Waals surface area contributed by atoms with Crippen LogP contribution in [0, 0.1) is 12.7 Å². The summed E-state index contributed by atoms with van der Waals surface area (Å²) in [5, 5.41) is 6.05. The largest absolute Gasteiger partial charge is 0.329 e. The van der Waals surface area contributed by atoms with Crippen molar-refractivity contribution in [2.45, 2.75) is 6.92 Å². The van der Waals surface area contributed by atoms with Gasteiger partial charge in [-0.15, -0.1) is 0 Å². The third kappa shape index (κ3) is 4.52. The molecule has 2 aromatic rings. The van der Waals surface area contributed by atoms with Crippen molar-refractivity contribution in [2.75, 3.05) is 5.32 Å². The van der Waals surface area contributed by atoms with Crippen LogP contribution in [-0.2, 0) is 9.59 Å². The van der Waals surface area contributed by atoms with Crippen molar-refractivity contribution in [1.29, 1.82) is 0 Å². The Hall–Kier alpha value is -3.02. The van der Waals surface area contributed by atoms with Crippen LogP contribution >= 0.6 is 0 Å². The van der Waals surface area contributed by atoms with Crippen LogP contribution in [0.5, 0.6) is 0 Å². The lowest BCUT2D eigenvalue weighted by Crippen LogP contribution is -2.32. The lowest BCUT2D eigenvalue weighted by molar-refractivity contribution is -0.136. The number of amides is 2. The minimum absolute atomic E-state index is 0.410. The molecule has 0 heterocycles. The molecule has 0 aliphatic carbocycles. The predicted molar refractivity (Wildman–Crippen MR) is 81.9 cm³/mol. The first-order valence-corrected chi connectivity index (χ1v) is 6.51. The molecule has 0 saturated carbocycles. The molecule has 2 N–H and O–H groups in total. The Morgan fingerprint density at radius 2 is 1.82 bits per heavy atom. The van der Waals surface area contributed by atoms with Crippen molar-refractivity contribution in [2.24, 2.45) is 5.10 Å². The zero-order valence-corrected chi connectivity index (χ0v) is 11.8. The molecular formula is C16H14FN3O2. The van der Waals surface area contributed by atoms with Gasteiger partial charge < -0.3 is 5.32 Å². The Bertz CT molecular complexity index is 712. The van der Waals surface area contributed by atoms with E-state index in [0.29, 0.717) is 11.3 Å². The number of nitrogens with zero attached hydrogens (tertiary/aromatic N) is 1. The molecule has 0 radical (unpaired) electrons. The van der Waals surface area contributed by atoms with Crippen molar-refractivity contribution in [3.63, 3.8) is 0 Å². The van der Waals surface area contributed by atoms with Crippen molar-refractivity contribution in [1.82, 2.24) is 5.43 Å². The molecule has 2 amide bonds. The molecule has 2 rings (SSSR count). The molecule has 0 aromatic heterocycles. The van der Waals surface area contributed by atoms with Crippen molar-refractivity contribution in [3.8, 4) is 0 Å². The molecular weight excluding hydrogens is 285 g/mol. The zero-order chi connectivity index (χ0) is 15.9. The third-order valence-electron chi connectivity index (χ3n) is 2.74. The Morgan fingerprint density at radius 3 is 2.50 bits per heavy atom. The number of hydrazone groups is 1. The normalized spacial score (nSPS) is 10.5. The van der Waals surface area contributed by atoms with E-state index in [9.17, 15) is 14.0 Å². The van der Waals surface area contributed by atoms with Crippen molar-refractivity contribution < 1.29 is 14.0 Å². The fraction of sp³-hybridized carbons (Fsp3) is 0.0625. The van der Waals surface area contributed by atoms with Crippen LogP contribution in [-0.4, -0.2) is 18.0 Å². The summed E-state index contributed by atoms with van der Waals surface area (Å²) < 4.78 is 12.9. The van der Waals surface area contributed by atoms with Gasteiger partial charge in [-0.05, 0) is 36.8 Å². The lowest BCUT2D eigenvalue weighted by atomic mass is 10.2. The van der Waals surface area contributed by atoms with E-state index in [4.69, 9.17) is 0 Å². The maximum Gasteiger partial charge on any atom is 0.329 e. The quantitative estimate of drug-likeness (QED) is 0.518. The molecule has 6 heteroatoms. The summed E-state index contributed by atoms with van der Waals surface area (Å²) >= 11 is 0. The minimum atomic E-state index is -0.909. The summed E-state index contributed by atoms with van der Waals surface area (Å²) in [5.41, 5.74) is 4.11. The summed E-state index contributed by atoms with van der Waals surface area (Å²) in [4.78, 5) is 23.2. The van der Waals surface area contributed by atoms with Crippen LogP contribution in [0.25, 0.3) is 0 Å². The third-order valence-corrected chi connectivity index (χ3v) is 2.74. The second-order valence-electron chi connectivity index (χ2n) is 4.57. The molecule has 5 nitrogen and oxygen atoms in total. The Kier molecular flexibility index (Phi) is 4.98. The molecule has 0 spiro atoms. The predicted octanol–water partition coefficient (Wildman–Crippen LogP) is 2.22. The summed E-state index contributed by atoms with van der Waals surface area (Å²) in [5.74, 6) is -2.15.